The van der Waals surface area contributed by atoms with E-state index in [0.29, 0.717) is 28.2 Å². The molecule has 7 nitrogen and oxygen atoms in total. The molecule has 0 unspecified atom stereocenters. The maximum Gasteiger partial charge on any atom is 0.316 e. The van der Waals surface area contributed by atoms with E-state index in [0.717, 1.165) is 6.42 Å². The summed E-state index contributed by atoms with van der Waals surface area (Å²) < 4.78 is 5.62. The lowest BCUT2D eigenvalue weighted by Crippen LogP contribution is -2.40. The van der Waals surface area contributed by atoms with E-state index in [1.54, 1.807) is 53.4 Å². The molecule has 0 N–H and O–H groups in total. The molecular formula is C28H23ClN2O5. The molecule has 0 aromatic heterocycles. The molecule has 182 valence electrons. The van der Waals surface area contributed by atoms with Gasteiger partial charge in [-0.25, -0.2) is 4.90 Å². The third-order valence-electron chi connectivity index (χ3n) is 8.55. The minimum absolute atomic E-state index is 0.0473. The van der Waals surface area contributed by atoms with Crippen molar-refractivity contribution >= 4 is 46.7 Å². The van der Waals surface area contributed by atoms with Gasteiger partial charge in [-0.05, 0) is 66.5 Å². The van der Waals surface area contributed by atoms with Crippen LogP contribution in [-0.2, 0) is 19.2 Å². The average molecular weight is 503 g/mol. The van der Waals surface area contributed by atoms with Gasteiger partial charge in [0, 0.05) is 29.7 Å². The maximum absolute atomic E-state index is 13.4. The second kappa shape index (κ2) is 7.77. The molecule has 6 aliphatic rings. The molecule has 8 rings (SSSR count). The van der Waals surface area contributed by atoms with Gasteiger partial charge in [0.1, 0.15) is 5.75 Å². The number of carbonyl (C=O) groups excluding carboxylic acids is 4. The molecule has 2 saturated heterocycles. The summed E-state index contributed by atoms with van der Waals surface area (Å²) in [6, 6.07) is 13.4. The molecule has 2 saturated carbocycles. The highest BCUT2D eigenvalue weighted by atomic mass is 35.5. The SMILES string of the molecule is O=C(Oc1cccc(N2C(=O)[C@@H]3[C@H]4C=C[C@@H]([C@@H]5C[C@H]45)[C@H]3C2=O)c1)[C@H]1CC(=O)N(c2ccc(Cl)cc2)C1. The third-order valence-corrected chi connectivity index (χ3v) is 8.81. The Bertz CT molecular complexity index is 1320. The normalized spacial score (nSPS) is 33.7. The Kier molecular flexibility index (Phi) is 4.71. The van der Waals surface area contributed by atoms with Gasteiger partial charge in [-0.3, -0.25) is 19.2 Å². The van der Waals surface area contributed by atoms with Gasteiger partial charge >= 0.3 is 5.97 Å². The first-order chi connectivity index (χ1) is 17.4. The fraction of sp³-hybridized carbons (Fsp3) is 0.357. The van der Waals surface area contributed by atoms with Gasteiger partial charge in [-0.2, -0.15) is 0 Å². The molecule has 36 heavy (non-hydrogen) atoms. The van der Waals surface area contributed by atoms with Crippen LogP contribution in [0.5, 0.6) is 5.75 Å². The molecule has 2 aliphatic heterocycles. The van der Waals surface area contributed by atoms with Crippen LogP contribution >= 0.6 is 11.6 Å². The van der Waals surface area contributed by atoms with Gasteiger partial charge in [0.05, 0.1) is 23.4 Å². The number of hydrogen-bond acceptors (Lipinski definition) is 5. The number of ether oxygens (including phenoxy) is 1. The molecular weight excluding hydrogens is 480 g/mol. The number of nitrogens with zero attached hydrogens (tertiary/aromatic N) is 2. The van der Waals surface area contributed by atoms with E-state index in [-0.39, 0.29) is 60.1 Å². The first-order valence-electron chi connectivity index (χ1n) is 12.3. The lowest BCUT2D eigenvalue weighted by atomic mass is 9.63. The van der Waals surface area contributed by atoms with E-state index in [4.69, 9.17) is 16.3 Å². The van der Waals surface area contributed by atoms with Crippen molar-refractivity contribution < 1.29 is 23.9 Å². The highest BCUT2D eigenvalue weighted by Crippen LogP contribution is 2.65. The van der Waals surface area contributed by atoms with Crippen LogP contribution in [-0.4, -0.2) is 30.2 Å². The lowest BCUT2D eigenvalue weighted by Gasteiger charge is -2.37. The van der Waals surface area contributed by atoms with Gasteiger partial charge in [-0.15, -0.1) is 0 Å². The molecule has 0 radical (unpaired) electrons. The average Bonchev–Trinajstić information content (AvgIpc) is 3.55. The first kappa shape index (κ1) is 21.8. The van der Waals surface area contributed by atoms with Crippen molar-refractivity contribution in [3.8, 4) is 5.75 Å². The number of benzene rings is 2. The Morgan fingerprint density at radius 2 is 1.56 bits per heavy atom. The van der Waals surface area contributed by atoms with Crippen LogP contribution in [0.4, 0.5) is 11.4 Å². The fourth-order valence-electron chi connectivity index (χ4n) is 6.83. The molecule has 2 aromatic rings. The summed E-state index contributed by atoms with van der Waals surface area (Å²) in [4.78, 5) is 55.1. The number of hydrogen-bond donors (Lipinski definition) is 0. The summed E-state index contributed by atoms with van der Waals surface area (Å²) in [6.07, 6.45) is 5.44. The topological polar surface area (TPSA) is 84.0 Å². The zero-order valence-corrected chi connectivity index (χ0v) is 20.0. The minimum Gasteiger partial charge on any atom is -0.426 e. The highest BCUT2D eigenvalue weighted by Gasteiger charge is 2.67. The predicted octanol–water partition coefficient (Wildman–Crippen LogP) is 3.86. The molecule has 4 fully saturated rings. The highest BCUT2D eigenvalue weighted by molar-refractivity contribution is 6.30. The summed E-state index contributed by atoms with van der Waals surface area (Å²) in [6.45, 7) is 0.212. The van der Waals surface area contributed by atoms with Gasteiger partial charge in [0.15, 0.2) is 0 Å². The Morgan fingerprint density at radius 3 is 2.22 bits per heavy atom. The van der Waals surface area contributed by atoms with Crippen molar-refractivity contribution in [2.75, 3.05) is 16.3 Å². The van der Waals surface area contributed by atoms with E-state index in [9.17, 15) is 19.2 Å². The molecule has 2 heterocycles. The van der Waals surface area contributed by atoms with Crippen molar-refractivity contribution in [3.63, 3.8) is 0 Å². The van der Waals surface area contributed by atoms with E-state index in [1.165, 1.54) is 4.90 Å². The molecule has 3 amide bonds. The summed E-state index contributed by atoms with van der Waals surface area (Å²) >= 11 is 5.94. The van der Waals surface area contributed by atoms with Crippen molar-refractivity contribution in [3.05, 3.63) is 65.7 Å². The number of carbonyl (C=O) groups is 4. The number of rotatable bonds is 4. The molecule has 0 spiro atoms. The van der Waals surface area contributed by atoms with Crippen molar-refractivity contribution in [1.29, 1.82) is 0 Å². The fourth-order valence-corrected chi connectivity index (χ4v) is 6.96. The van der Waals surface area contributed by atoms with Crippen molar-refractivity contribution in [1.82, 2.24) is 0 Å². The van der Waals surface area contributed by atoms with Crippen LogP contribution in [0.3, 0.4) is 0 Å². The van der Waals surface area contributed by atoms with Crippen molar-refractivity contribution in [2.45, 2.75) is 12.8 Å². The quantitative estimate of drug-likeness (QED) is 0.274. The number of halogens is 1. The summed E-state index contributed by atoms with van der Waals surface area (Å²) in [5.74, 6) is -0.576. The number of anilines is 2. The molecule has 4 aliphatic carbocycles. The minimum atomic E-state index is -0.622. The van der Waals surface area contributed by atoms with E-state index in [2.05, 4.69) is 12.2 Å². The van der Waals surface area contributed by atoms with Gasteiger partial charge in [0.2, 0.25) is 17.7 Å². The van der Waals surface area contributed by atoms with Crippen LogP contribution in [0.1, 0.15) is 12.8 Å². The van der Waals surface area contributed by atoms with Crippen LogP contribution in [0, 0.1) is 41.4 Å². The Hall–Kier alpha value is -3.45. The first-order valence-corrected chi connectivity index (χ1v) is 12.7. The molecule has 2 bridgehead atoms. The monoisotopic (exact) mass is 502 g/mol. The van der Waals surface area contributed by atoms with E-state index >= 15 is 0 Å². The Balaban J connectivity index is 1.07. The number of allylic oxidation sites excluding steroid dienone is 2. The van der Waals surface area contributed by atoms with Gasteiger partial charge < -0.3 is 9.64 Å². The van der Waals surface area contributed by atoms with Gasteiger partial charge in [-0.1, -0.05) is 29.8 Å². The third kappa shape index (κ3) is 3.18. The van der Waals surface area contributed by atoms with E-state index in [1.807, 2.05) is 0 Å². The Morgan fingerprint density at radius 1 is 0.889 bits per heavy atom. The Labute approximate surface area is 212 Å². The van der Waals surface area contributed by atoms with Crippen LogP contribution in [0.25, 0.3) is 0 Å². The summed E-state index contributed by atoms with van der Waals surface area (Å²) in [5.41, 5.74) is 1.10. The predicted molar refractivity (Wildman–Crippen MR) is 131 cm³/mol. The number of amides is 3. The largest absolute Gasteiger partial charge is 0.426 e. The van der Waals surface area contributed by atoms with Crippen LogP contribution in [0.15, 0.2) is 60.7 Å². The second-order valence-electron chi connectivity index (χ2n) is 10.5. The smallest absolute Gasteiger partial charge is 0.316 e. The van der Waals surface area contributed by atoms with Crippen LogP contribution < -0.4 is 14.5 Å². The standard InChI is InChI=1S/C28H23ClN2O5/c29-15-4-6-16(7-5-15)30-13-14(10-23(30)32)28(35)36-18-3-1-2-17(11-18)31-26(33)24-19-8-9-20(22-12-21(19)22)25(24)27(31)34/h1-9,11,14,19-22,24-25H,10,12-13H2/t14-,19-,20-,21-,22+,24+,25+/m0/s1. The molecule has 2 aromatic carbocycles. The van der Waals surface area contributed by atoms with Crippen molar-refractivity contribution in [2.24, 2.45) is 41.4 Å². The second-order valence-corrected chi connectivity index (χ2v) is 10.9. The summed E-state index contributed by atoms with van der Waals surface area (Å²) in [5, 5.41) is 0.566. The maximum atomic E-state index is 13.4. The molecule has 7 atom stereocenters. The number of imide groups is 1. The van der Waals surface area contributed by atoms with Crippen LogP contribution in [0.2, 0.25) is 5.02 Å². The zero-order chi connectivity index (χ0) is 24.7. The summed E-state index contributed by atoms with van der Waals surface area (Å²) in [7, 11) is 0. The van der Waals surface area contributed by atoms with Gasteiger partial charge in [0.25, 0.3) is 0 Å². The van der Waals surface area contributed by atoms with E-state index < -0.39 is 11.9 Å². The zero-order valence-electron chi connectivity index (χ0n) is 19.2. The lowest BCUT2D eigenvalue weighted by molar-refractivity contribution is -0.139. The number of esters is 1. The molecule has 8 heteroatoms.